The predicted octanol–water partition coefficient (Wildman–Crippen LogP) is 4.26. The minimum atomic E-state index is -1.35. The zero-order valence-corrected chi connectivity index (χ0v) is 25.7. The maximum atomic E-state index is 14.8. The summed E-state index contributed by atoms with van der Waals surface area (Å²) in [5, 5.41) is 10.6. The molecule has 6 atom stereocenters. The second-order valence-corrected chi connectivity index (χ2v) is 14.4. The Hall–Kier alpha value is -2.19. The van der Waals surface area contributed by atoms with Crippen LogP contribution >= 0.6 is 0 Å². The number of hydrogen-bond acceptors (Lipinski definition) is 6. The van der Waals surface area contributed by atoms with E-state index in [1.807, 2.05) is 50.0 Å². The van der Waals surface area contributed by atoms with Crippen LogP contribution in [0.5, 0.6) is 0 Å². The van der Waals surface area contributed by atoms with Gasteiger partial charge in [0.2, 0.25) is 11.8 Å². The molecule has 4 heterocycles. The van der Waals surface area contributed by atoms with Crippen LogP contribution in [-0.2, 0) is 23.9 Å². The Labute approximate surface area is 240 Å². The SMILES string of the molecule is CC[C@@]12/C=C\CCCOC(=O)[C@@H]1[C@H]1C(=O)N([C@@H](CO)CC(C)C)C3C(=O)N(C(C)(C)CC(C)(C)C)CC=C[C@@]31O2. The molecule has 0 aliphatic carbocycles. The van der Waals surface area contributed by atoms with Crippen molar-refractivity contribution in [2.45, 2.75) is 116 Å². The van der Waals surface area contributed by atoms with E-state index in [0.29, 0.717) is 25.8 Å². The molecule has 2 saturated heterocycles. The fraction of sp³-hybridized carbons (Fsp3) is 0.781. The fourth-order valence-corrected chi connectivity index (χ4v) is 7.97. The van der Waals surface area contributed by atoms with Gasteiger partial charge in [0.15, 0.2) is 0 Å². The standard InChI is InChI=1S/C32H50N2O6/c1-9-31-14-11-10-12-17-39-28(38)24(31)23-26(36)34(22(19-35)18-21(2)3)25-27(37)33(16-13-15-32(23,25)40-31)30(7,8)20-29(4,5)6/h11,13-15,21-25,35H,9-10,12,16-20H2,1-8H3/b14-11-/t22-,23+,24+,25?,31-,32+/m1/s1. The van der Waals surface area contributed by atoms with Crippen LogP contribution in [0.1, 0.15) is 87.5 Å². The number of carbonyl (C=O) groups excluding carboxylic acids is 3. The van der Waals surface area contributed by atoms with Gasteiger partial charge in [-0.05, 0) is 57.3 Å². The lowest BCUT2D eigenvalue weighted by Crippen LogP contribution is -2.62. The van der Waals surface area contributed by atoms with E-state index in [2.05, 4.69) is 34.6 Å². The third-order valence-electron chi connectivity index (χ3n) is 9.11. The third kappa shape index (κ3) is 5.15. The van der Waals surface area contributed by atoms with Crippen molar-refractivity contribution >= 4 is 17.8 Å². The van der Waals surface area contributed by atoms with Gasteiger partial charge >= 0.3 is 5.97 Å². The van der Waals surface area contributed by atoms with Gasteiger partial charge in [-0.15, -0.1) is 0 Å². The van der Waals surface area contributed by atoms with Gasteiger partial charge in [-0.25, -0.2) is 0 Å². The first-order valence-electron chi connectivity index (χ1n) is 15.1. The van der Waals surface area contributed by atoms with Crippen LogP contribution in [0.3, 0.4) is 0 Å². The number of amides is 2. The molecule has 1 N–H and O–H groups in total. The highest BCUT2D eigenvalue weighted by Gasteiger charge is 2.76. The Bertz CT molecular complexity index is 1060. The summed E-state index contributed by atoms with van der Waals surface area (Å²) in [6.07, 6.45) is 10.9. The third-order valence-corrected chi connectivity index (χ3v) is 9.11. The largest absolute Gasteiger partial charge is 0.465 e. The maximum absolute atomic E-state index is 14.8. The summed E-state index contributed by atoms with van der Waals surface area (Å²) in [6.45, 7) is 17.0. The molecular weight excluding hydrogens is 508 g/mol. The second-order valence-electron chi connectivity index (χ2n) is 14.4. The second kappa shape index (κ2) is 10.9. The average molecular weight is 559 g/mol. The van der Waals surface area contributed by atoms with E-state index < -0.39 is 46.6 Å². The number of esters is 1. The highest BCUT2D eigenvalue weighted by molar-refractivity contribution is 5.99. The molecule has 1 spiro atoms. The monoisotopic (exact) mass is 558 g/mol. The summed E-state index contributed by atoms with van der Waals surface area (Å²) >= 11 is 0. The lowest BCUT2D eigenvalue weighted by atomic mass is 9.73. The molecule has 4 aliphatic rings. The zero-order valence-electron chi connectivity index (χ0n) is 25.7. The van der Waals surface area contributed by atoms with E-state index in [0.717, 1.165) is 12.8 Å². The average Bonchev–Trinajstić information content (AvgIpc) is 3.22. The van der Waals surface area contributed by atoms with Crippen LogP contribution in [0.15, 0.2) is 24.3 Å². The summed E-state index contributed by atoms with van der Waals surface area (Å²) in [6, 6.07) is -1.58. The van der Waals surface area contributed by atoms with Crippen LogP contribution in [0.4, 0.5) is 0 Å². The Balaban J connectivity index is 1.92. The molecule has 2 fully saturated rings. The van der Waals surface area contributed by atoms with E-state index in [9.17, 15) is 19.5 Å². The first kappa shape index (κ1) is 30.8. The molecule has 1 unspecified atom stereocenters. The van der Waals surface area contributed by atoms with Crippen molar-refractivity contribution in [3.63, 3.8) is 0 Å². The summed E-state index contributed by atoms with van der Waals surface area (Å²) in [7, 11) is 0. The van der Waals surface area contributed by atoms with Crippen molar-refractivity contribution in [2.24, 2.45) is 23.2 Å². The van der Waals surface area contributed by atoms with Gasteiger partial charge in [-0.3, -0.25) is 14.4 Å². The molecular formula is C32H50N2O6. The van der Waals surface area contributed by atoms with Gasteiger partial charge < -0.3 is 24.4 Å². The molecule has 2 amide bonds. The van der Waals surface area contributed by atoms with E-state index >= 15 is 0 Å². The Morgan fingerprint density at radius 2 is 1.75 bits per heavy atom. The van der Waals surface area contributed by atoms with Crippen LogP contribution in [0.25, 0.3) is 0 Å². The van der Waals surface area contributed by atoms with Gasteiger partial charge in [0.05, 0.1) is 25.2 Å². The highest BCUT2D eigenvalue weighted by atomic mass is 16.6. The van der Waals surface area contributed by atoms with E-state index in [-0.39, 0.29) is 36.4 Å². The van der Waals surface area contributed by atoms with Crippen LogP contribution in [-0.4, -0.2) is 81.3 Å². The molecule has 0 aromatic heterocycles. The predicted molar refractivity (Wildman–Crippen MR) is 153 cm³/mol. The number of carbonyl (C=O) groups is 3. The van der Waals surface area contributed by atoms with Crippen LogP contribution in [0, 0.1) is 23.2 Å². The van der Waals surface area contributed by atoms with E-state index in [1.165, 1.54) is 0 Å². The van der Waals surface area contributed by atoms with Crippen molar-refractivity contribution in [3.05, 3.63) is 24.3 Å². The molecule has 0 aromatic rings. The van der Waals surface area contributed by atoms with E-state index in [1.54, 1.807) is 4.90 Å². The smallest absolute Gasteiger partial charge is 0.313 e. The van der Waals surface area contributed by atoms with Crippen LogP contribution < -0.4 is 0 Å². The number of nitrogens with zero attached hydrogens (tertiary/aromatic N) is 2. The molecule has 0 aromatic carbocycles. The number of ether oxygens (including phenoxy) is 2. The Morgan fingerprint density at radius 3 is 2.35 bits per heavy atom. The molecule has 8 heteroatoms. The molecule has 0 saturated carbocycles. The normalized spacial score (nSPS) is 34.5. The van der Waals surface area contributed by atoms with Gasteiger partial charge in [0, 0.05) is 12.1 Å². The highest BCUT2D eigenvalue weighted by Crippen LogP contribution is 2.59. The number of cyclic esters (lactones) is 1. The van der Waals surface area contributed by atoms with E-state index in [4.69, 9.17) is 9.47 Å². The Kier molecular flexibility index (Phi) is 8.38. The number of aliphatic hydroxyl groups excluding tert-OH is 1. The molecule has 224 valence electrons. The lowest BCUT2D eigenvalue weighted by Gasteiger charge is -2.46. The molecule has 0 radical (unpaired) electrons. The molecule has 40 heavy (non-hydrogen) atoms. The first-order chi connectivity index (χ1) is 18.6. The summed E-state index contributed by atoms with van der Waals surface area (Å²) in [4.78, 5) is 46.6. The number of hydrogen-bond donors (Lipinski definition) is 1. The summed E-state index contributed by atoms with van der Waals surface area (Å²) < 4.78 is 12.7. The minimum absolute atomic E-state index is 0.0366. The summed E-state index contributed by atoms with van der Waals surface area (Å²) in [5.41, 5.74) is -2.97. The van der Waals surface area contributed by atoms with Crippen molar-refractivity contribution < 1.29 is 29.0 Å². The van der Waals surface area contributed by atoms with Crippen molar-refractivity contribution in [1.82, 2.24) is 9.80 Å². The minimum Gasteiger partial charge on any atom is -0.465 e. The van der Waals surface area contributed by atoms with Gasteiger partial charge in [-0.2, -0.15) is 0 Å². The zero-order chi connectivity index (χ0) is 29.7. The van der Waals surface area contributed by atoms with Crippen molar-refractivity contribution in [1.29, 1.82) is 0 Å². The Morgan fingerprint density at radius 1 is 1.05 bits per heavy atom. The number of likely N-dealkylation sites (tertiary alicyclic amines) is 1. The fourth-order valence-electron chi connectivity index (χ4n) is 7.97. The number of fused-ring (bicyclic) bond motifs is 2. The number of rotatable bonds is 7. The molecule has 8 nitrogen and oxygen atoms in total. The molecule has 0 bridgehead atoms. The van der Waals surface area contributed by atoms with Crippen molar-refractivity contribution in [2.75, 3.05) is 19.8 Å². The van der Waals surface area contributed by atoms with Crippen LogP contribution in [0.2, 0.25) is 0 Å². The topological polar surface area (TPSA) is 96.4 Å². The van der Waals surface area contributed by atoms with Gasteiger partial charge in [0.25, 0.3) is 0 Å². The van der Waals surface area contributed by atoms with Gasteiger partial charge in [0.1, 0.15) is 23.2 Å². The number of allylic oxidation sites excluding steroid dienone is 1. The molecule has 4 aliphatic heterocycles. The van der Waals surface area contributed by atoms with Crippen molar-refractivity contribution in [3.8, 4) is 0 Å². The lowest BCUT2D eigenvalue weighted by molar-refractivity contribution is -0.164. The maximum Gasteiger partial charge on any atom is 0.313 e. The van der Waals surface area contributed by atoms with Gasteiger partial charge in [-0.1, -0.05) is 65.8 Å². The molecule has 4 rings (SSSR count). The summed E-state index contributed by atoms with van der Waals surface area (Å²) in [5.74, 6) is -2.62. The first-order valence-corrected chi connectivity index (χ1v) is 15.1. The number of aliphatic hydroxyl groups is 1. The quantitative estimate of drug-likeness (QED) is 0.371.